The molecule has 2 N–H and O–H groups in total. The third-order valence-corrected chi connectivity index (χ3v) is 3.34. The van der Waals surface area contributed by atoms with E-state index < -0.39 is 0 Å². The van der Waals surface area contributed by atoms with E-state index in [0.29, 0.717) is 23.3 Å². The molecule has 1 aromatic rings. The largest absolute Gasteiger partial charge is 0.397 e. The molecular formula is C13H19N3O. The van der Waals surface area contributed by atoms with Gasteiger partial charge >= 0.3 is 0 Å². The fourth-order valence-electron chi connectivity index (χ4n) is 2.42. The first-order valence-electron chi connectivity index (χ1n) is 6.12. The van der Waals surface area contributed by atoms with E-state index in [0.717, 1.165) is 19.4 Å². The molecule has 0 bridgehead atoms. The molecule has 1 fully saturated rings. The fourth-order valence-corrected chi connectivity index (χ4v) is 2.42. The van der Waals surface area contributed by atoms with Gasteiger partial charge in [-0.1, -0.05) is 13.8 Å². The zero-order valence-corrected chi connectivity index (χ0v) is 10.4. The minimum atomic E-state index is 0.0289. The summed E-state index contributed by atoms with van der Waals surface area (Å²) in [7, 11) is 0. The number of rotatable bonds is 2. The first-order chi connectivity index (χ1) is 8.09. The third kappa shape index (κ3) is 2.40. The van der Waals surface area contributed by atoms with Gasteiger partial charge in [-0.15, -0.1) is 0 Å². The lowest BCUT2D eigenvalue weighted by Gasteiger charge is -2.27. The zero-order chi connectivity index (χ0) is 12.4. The smallest absolute Gasteiger partial charge is 0.272 e. The number of amides is 1. The summed E-state index contributed by atoms with van der Waals surface area (Å²) in [5.74, 6) is 0.524. The van der Waals surface area contributed by atoms with Crippen LogP contribution in [0.4, 0.5) is 5.69 Å². The molecule has 2 heterocycles. The lowest BCUT2D eigenvalue weighted by molar-refractivity contribution is 0.0695. The average Bonchev–Trinajstić information content (AvgIpc) is 2.78. The normalized spacial score (nSPS) is 19.9. The SMILES string of the molecule is CC(C)C1CCCN1C(=O)c1ccc(N)cn1. The van der Waals surface area contributed by atoms with Gasteiger partial charge in [0, 0.05) is 12.6 Å². The number of nitrogen functional groups attached to an aromatic ring is 1. The first kappa shape index (κ1) is 11.9. The standard InChI is InChI=1S/C13H19N3O/c1-9(2)12-4-3-7-16(12)13(17)11-6-5-10(14)8-15-11/h5-6,8-9,12H,3-4,7,14H2,1-2H3. The van der Waals surface area contributed by atoms with Crippen molar-refractivity contribution >= 4 is 11.6 Å². The number of carbonyl (C=O) groups excluding carboxylic acids is 1. The Labute approximate surface area is 102 Å². The molecule has 1 saturated heterocycles. The average molecular weight is 233 g/mol. The van der Waals surface area contributed by atoms with Crippen molar-refractivity contribution in [1.82, 2.24) is 9.88 Å². The van der Waals surface area contributed by atoms with E-state index in [1.807, 2.05) is 4.90 Å². The maximum atomic E-state index is 12.3. The summed E-state index contributed by atoms with van der Waals surface area (Å²) in [6.07, 6.45) is 3.72. The van der Waals surface area contributed by atoms with E-state index in [9.17, 15) is 4.79 Å². The molecule has 17 heavy (non-hydrogen) atoms. The van der Waals surface area contributed by atoms with E-state index in [-0.39, 0.29) is 5.91 Å². The topological polar surface area (TPSA) is 59.2 Å². The van der Waals surface area contributed by atoms with Crippen LogP contribution < -0.4 is 5.73 Å². The number of likely N-dealkylation sites (tertiary alicyclic amines) is 1. The van der Waals surface area contributed by atoms with E-state index in [4.69, 9.17) is 5.73 Å². The lowest BCUT2D eigenvalue weighted by atomic mass is 10.0. The summed E-state index contributed by atoms with van der Waals surface area (Å²) in [6, 6.07) is 3.77. The van der Waals surface area contributed by atoms with Crippen molar-refractivity contribution in [2.45, 2.75) is 32.7 Å². The highest BCUT2D eigenvalue weighted by atomic mass is 16.2. The van der Waals surface area contributed by atoms with Gasteiger partial charge in [-0.2, -0.15) is 0 Å². The van der Waals surface area contributed by atoms with E-state index in [1.54, 1.807) is 12.1 Å². The maximum Gasteiger partial charge on any atom is 0.272 e. The van der Waals surface area contributed by atoms with Gasteiger partial charge in [0.15, 0.2) is 0 Å². The Bertz CT molecular complexity index is 400. The summed E-state index contributed by atoms with van der Waals surface area (Å²) in [5.41, 5.74) is 6.65. The van der Waals surface area contributed by atoms with E-state index in [1.165, 1.54) is 6.20 Å². The van der Waals surface area contributed by atoms with Gasteiger partial charge in [-0.25, -0.2) is 4.98 Å². The predicted molar refractivity (Wildman–Crippen MR) is 67.5 cm³/mol. The number of hydrogen-bond acceptors (Lipinski definition) is 3. The van der Waals surface area contributed by atoms with Gasteiger partial charge in [0.25, 0.3) is 5.91 Å². The van der Waals surface area contributed by atoms with Gasteiger partial charge in [-0.05, 0) is 30.9 Å². The molecule has 1 aromatic heterocycles. The van der Waals surface area contributed by atoms with Gasteiger partial charge in [-0.3, -0.25) is 4.79 Å². The van der Waals surface area contributed by atoms with Crippen molar-refractivity contribution in [1.29, 1.82) is 0 Å². The summed E-state index contributed by atoms with van der Waals surface area (Å²) in [4.78, 5) is 18.3. The summed E-state index contributed by atoms with van der Waals surface area (Å²) in [6.45, 7) is 5.16. The zero-order valence-electron chi connectivity index (χ0n) is 10.4. The highest BCUT2D eigenvalue weighted by Gasteiger charge is 2.31. The van der Waals surface area contributed by atoms with Crippen LogP contribution in [0, 0.1) is 5.92 Å². The molecule has 4 heteroatoms. The summed E-state index contributed by atoms with van der Waals surface area (Å²) >= 11 is 0. The Morgan fingerprint density at radius 3 is 2.88 bits per heavy atom. The van der Waals surface area contributed by atoms with Crippen molar-refractivity contribution in [3.8, 4) is 0 Å². The predicted octanol–water partition coefficient (Wildman–Crippen LogP) is 1.92. The molecule has 0 aliphatic carbocycles. The van der Waals surface area contributed by atoms with Crippen molar-refractivity contribution in [2.75, 3.05) is 12.3 Å². The van der Waals surface area contributed by atoms with Gasteiger partial charge < -0.3 is 10.6 Å². The van der Waals surface area contributed by atoms with Gasteiger partial charge in [0.1, 0.15) is 5.69 Å². The van der Waals surface area contributed by atoms with Gasteiger partial charge in [0.05, 0.1) is 11.9 Å². The molecule has 0 aromatic carbocycles. The molecule has 0 radical (unpaired) electrons. The Balaban J connectivity index is 2.17. The van der Waals surface area contributed by atoms with Crippen LogP contribution in [0.1, 0.15) is 37.2 Å². The molecule has 4 nitrogen and oxygen atoms in total. The number of carbonyl (C=O) groups is 1. The Morgan fingerprint density at radius 2 is 2.29 bits per heavy atom. The number of hydrogen-bond donors (Lipinski definition) is 1. The van der Waals surface area contributed by atoms with E-state index >= 15 is 0 Å². The van der Waals surface area contributed by atoms with Crippen molar-refractivity contribution in [3.63, 3.8) is 0 Å². The number of anilines is 1. The van der Waals surface area contributed by atoms with Crippen LogP contribution >= 0.6 is 0 Å². The van der Waals surface area contributed by atoms with Crippen LogP contribution in [0.5, 0.6) is 0 Å². The van der Waals surface area contributed by atoms with Crippen molar-refractivity contribution in [2.24, 2.45) is 5.92 Å². The van der Waals surface area contributed by atoms with Crippen molar-refractivity contribution < 1.29 is 4.79 Å². The second-order valence-corrected chi connectivity index (χ2v) is 4.93. The second-order valence-electron chi connectivity index (χ2n) is 4.93. The van der Waals surface area contributed by atoms with Crippen molar-refractivity contribution in [3.05, 3.63) is 24.0 Å². The minimum absolute atomic E-state index is 0.0289. The third-order valence-electron chi connectivity index (χ3n) is 3.34. The molecule has 1 aliphatic rings. The molecule has 1 amide bonds. The Hall–Kier alpha value is -1.58. The molecular weight excluding hydrogens is 214 g/mol. The fraction of sp³-hybridized carbons (Fsp3) is 0.538. The summed E-state index contributed by atoms with van der Waals surface area (Å²) in [5, 5.41) is 0. The van der Waals surface area contributed by atoms with Crippen LogP contribution in [0.15, 0.2) is 18.3 Å². The molecule has 1 aliphatic heterocycles. The number of nitrogens with two attached hydrogens (primary N) is 1. The minimum Gasteiger partial charge on any atom is -0.397 e. The summed E-state index contributed by atoms with van der Waals surface area (Å²) < 4.78 is 0. The molecule has 0 spiro atoms. The van der Waals surface area contributed by atoms with Crippen LogP contribution in [-0.4, -0.2) is 28.4 Å². The second kappa shape index (κ2) is 4.73. The van der Waals surface area contributed by atoms with Crippen LogP contribution in [0.2, 0.25) is 0 Å². The maximum absolute atomic E-state index is 12.3. The molecule has 2 rings (SSSR count). The van der Waals surface area contributed by atoms with Gasteiger partial charge in [0.2, 0.25) is 0 Å². The van der Waals surface area contributed by atoms with Crippen LogP contribution in [0.3, 0.4) is 0 Å². The molecule has 1 atom stereocenters. The highest BCUT2D eigenvalue weighted by molar-refractivity contribution is 5.92. The number of aromatic nitrogens is 1. The van der Waals surface area contributed by atoms with Crippen LogP contribution in [-0.2, 0) is 0 Å². The molecule has 0 saturated carbocycles. The molecule has 92 valence electrons. The van der Waals surface area contributed by atoms with E-state index in [2.05, 4.69) is 18.8 Å². The first-order valence-corrected chi connectivity index (χ1v) is 6.12. The quantitative estimate of drug-likeness (QED) is 0.849. The Morgan fingerprint density at radius 1 is 1.53 bits per heavy atom. The number of nitrogens with zero attached hydrogens (tertiary/aromatic N) is 2. The lowest BCUT2D eigenvalue weighted by Crippen LogP contribution is -2.38. The monoisotopic (exact) mass is 233 g/mol. The van der Waals surface area contributed by atoms with Crippen LogP contribution in [0.25, 0.3) is 0 Å². The number of pyridine rings is 1. The molecule has 1 unspecified atom stereocenters. The highest BCUT2D eigenvalue weighted by Crippen LogP contribution is 2.25. The Kier molecular flexibility index (Phi) is 3.31.